The maximum atomic E-state index is 11.7. The van der Waals surface area contributed by atoms with Gasteiger partial charge in [-0.1, -0.05) is 37.4 Å². The highest BCUT2D eigenvalue weighted by molar-refractivity contribution is 5.87. The lowest BCUT2D eigenvalue weighted by molar-refractivity contribution is -0.148. The van der Waals surface area contributed by atoms with Crippen molar-refractivity contribution in [3.8, 4) is 22.6 Å². The highest BCUT2D eigenvalue weighted by atomic mass is 16.6. The third-order valence-electron chi connectivity index (χ3n) is 6.35. The van der Waals surface area contributed by atoms with Crippen molar-refractivity contribution in [3.63, 3.8) is 0 Å². The zero-order chi connectivity index (χ0) is 30.1. The Balaban J connectivity index is 1.59. The summed E-state index contributed by atoms with van der Waals surface area (Å²) in [5.74, 6) is 0.654. The average molecular weight is 567 g/mol. The number of hydrogen-bond donors (Lipinski definition) is 0. The molecule has 0 N–H and O–H groups in total. The normalized spacial score (nSPS) is 14.6. The van der Waals surface area contributed by atoms with Crippen molar-refractivity contribution in [2.24, 2.45) is 0 Å². The van der Waals surface area contributed by atoms with Gasteiger partial charge in [-0.25, -0.2) is 9.59 Å². The molecule has 2 aromatic rings. The second-order valence-electron chi connectivity index (χ2n) is 10.7. The van der Waals surface area contributed by atoms with Crippen molar-refractivity contribution in [1.82, 2.24) is 0 Å². The second-order valence-corrected chi connectivity index (χ2v) is 10.7. The number of rotatable bonds is 16. The van der Waals surface area contributed by atoms with Gasteiger partial charge in [-0.3, -0.25) is 0 Å². The van der Waals surface area contributed by atoms with Gasteiger partial charge in [0.05, 0.1) is 25.4 Å². The molecule has 0 saturated heterocycles. The Hall–Kier alpha value is -3.62. The van der Waals surface area contributed by atoms with Gasteiger partial charge in [0.15, 0.2) is 0 Å². The molecule has 4 unspecified atom stereocenters. The first-order chi connectivity index (χ1) is 19.5. The van der Waals surface area contributed by atoms with Crippen molar-refractivity contribution in [1.29, 1.82) is 0 Å². The molecule has 0 fully saturated rings. The largest absolute Gasteiger partial charge is 0.490 e. The van der Waals surface area contributed by atoms with Crippen LogP contribution in [0.2, 0.25) is 0 Å². The first-order valence-corrected chi connectivity index (χ1v) is 13.9. The van der Waals surface area contributed by atoms with Crippen LogP contribution in [0, 0.1) is 0 Å². The smallest absolute Gasteiger partial charge is 0.333 e. The SMILES string of the molecule is C=C(C)C(=O)OC(C)COC(C)COc1cccc2c1-c1c(cccc1OCC(C)OCC(C)OC(=O)C(=C)C)C2. The molecule has 0 aromatic heterocycles. The Kier molecular flexibility index (Phi) is 11.6. The lowest BCUT2D eigenvalue weighted by atomic mass is 10.0. The van der Waals surface area contributed by atoms with Crippen molar-refractivity contribution in [2.45, 2.75) is 72.4 Å². The van der Waals surface area contributed by atoms with Crippen LogP contribution in [0.3, 0.4) is 0 Å². The summed E-state index contributed by atoms with van der Waals surface area (Å²) in [6.07, 6.45) is -0.446. The van der Waals surface area contributed by atoms with Crippen LogP contribution in [0.25, 0.3) is 11.1 Å². The Labute approximate surface area is 243 Å². The average Bonchev–Trinajstić information content (AvgIpc) is 3.32. The number of fused-ring (bicyclic) bond motifs is 3. The highest BCUT2D eigenvalue weighted by Crippen LogP contribution is 2.47. The van der Waals surface area contributed by atoms with E-state index in [2.05, 4.69) is 25.3 Å². The molecule has 41 heavy (non-hydrogen) atoms. The van der Waals surface area contributed by atoms with Crippen molar-refractivity contribution in [3.05, 3.63) is 71.8 Å². The zero-order valence-electron chi connectivity index (χ0n) is 25.0. The van der Waals surface area contributed by atoms with Gasteiger partial charge in [0.2, 0.25) is 0 Å². The fourth-order valence-corrected chi connectivity index (χ4v) is 4.21. The first kappa shape index (κ1) is 31.9. The van der Waals surface area contributed by atoms with Gasteiger partial charge in [0.1, 0.15) is 36.9 Å². The van der Waals surface area contributed by atoms with E-state index < -0.39 is 24.1 Å². The van der Waals surface area contributed by atoms with E-state index in [4.69, 9.17) is 28.4 Å². The maximum absolute atomic E-state index is 11.7. The third-order valence-corrected chi connectivity index (χ3v) is 6.35. The third kappa shape index (κ3) is 9.20. The number of hydrogen-bond acceptors (Lipinski definition) is 8. The lowest BCUT2D eigenvalue weighted by Gasteiger charge is -2.20. The monoisotopic (exact) mass is 566 g/mol. The van der Waals surface area contributed by atoms with Crippen LogP contribution in [0.15, 0.2) is 60.7 Å². The van der Waals surface area contributed by atoms with E-state index in [-0.39, 0.29) is 25.4 Å². The molecule has 8 heteroatoms. The maximum Gasteiger partial charge on any atom is 0.333 e. The van der Waals surface area contributed by atoms with Gasteiger partial charge in [-0.15, -0.1) is 0 Å². The summed E-state index contributed by atoms with van der Waals surface area (Å²) < 4.78 is 34.7. The minimum atomic E-state index is -0.429. The lowest BCUT2D eigenvalue weighted by Crippen LogP contribution is -2.26. The topological polar surface area (TPSA) is 89.5 Å². The summed E-state index contributed by atoms with van der Waals surface area (Å²) in [7, 11) is 0. The summed E-state index contributed by atoms with van der Waals surface area (Å²) in [6, 6.07) is 12.1. The molecule has 0 spiro atoms. The van der Waals surface area contributed by atoms with Gasteiger partial charge in [-0.2, -0.15) is 0 Å². The van der Waals surface area contributed by atoms with Crippen LogP contribution >= 0.6 is 0 Å². The van der Waals surface area contributed by atoms with Gasteiger partial charge < -0.3 is 28.4 Å². The Morgan fingerprint density at radius 2 is 1.05 bits per heavy atom. The number of carbonyl (C=O) groups excluding carboxylic acids is 2. The minimum Gasteiger partial charge on any atom is -0.490 e. The highest BCUT2D eigenvalue weighted by Gasteiger charge is 2.26. The second kappa shape index (κ2) is 14.8. The summed E-state index contributed by atoms with van der Waals surface area (Å²) >= 11 is 0. The van der Waals surface area contributed by atoms with E-state index in [1.165, 1.54) is 11.1 Å². The Morgan fingerprint density at radius 3 is 1.41 bits per heavy atom. The molecule has 0 saturated carbocycles. The van der Waals surface area contributed by atoms with E-state index in [9.17, 15) is 9.59 Å². The molecule has 0 aliphatic heterocycles. The minimum absolute atomic E-state index is 0.223. The number of benzene rings is 2. The predicted octanol–water partition coefficient (Wildman–Crippen LogP) is 5.84. The van der Waals surface area contributed by atoms with Gasteiger partial charge in [0.25, 0.3) is 0 Å². The molecule has 1 aliphatic rings. The molecule has 1 aliphatic carbocycles. The van der Waals surface area contributed by atoms with Gasteiger partial charge in [-0.05, 0) is 71.2 Å². The summed E-state index contributed by atoms with van der Waals surface area (Å²) in [5, 5.41) is 0. The van der Waals surface area contributed by atoms with E-state index in [0.29, 0.717) is 24.4 Å². The van der Waals surface area contributed by atoms with Crippen LogP contribution in [0.1, 0.15) is 52.7 Å². The predicted molar refractivity (Wildman–Crippen MR) is 157 cm³/mol. The molecule has 3 rings (SSSR count). The molecule has 2 aromatic carbocycles. The number of carbonyl (C=O) groups is 2. The van der Waals surface area contributed by atoms with Gasteiger partial charge in [0, 0.05) is 22.3 Å². The van der Waals surface area contributed by atoms with Crippen molar-refractivity contribution >= 4 is 11.9 Å². The summed E-state index contributed by atoms with van der Waals surface area (Å²) in [6.45, 7) is 19.0. The van der Waals surface area contributed by atoms with E-state index in [1.54, 1.807) is 27.7 Å². The molecular weight excluding hydrogens is 524 g/mol. The fourth-order valence-electron chi connectivity index (χ4n) is 4.21. The molecular formula is C33H42O8. The number of esters is 2. The van der Waals surface area contributed by atoms with Crippen LogP contribution in [0.5, 0.6) is 11.5 Å². The summed E-state index contributed by atoms with van der Waals surface area (Å²) in [5.41, 5.74) is 5.08. The fraction of sp³-hybridized carbons (Fsp3) is 0.455. The van der Waals surface area contributed by atoms with E-state index in [0.717, 1.165) is 29.0 Å². The number of ether oxygens (including phenoxy) is 6. The Bertz CT molecular complexity index is 1150. The van der Waals surface area contributed by atoms with Crippen LogP contribution < -0.4 is 9.47 Å². The molecule has 0 bridgehead atoms. The van der Waals surface area contributed by atoms with Crippen LogP contribution in [-0.4, -0.2) is 62.8 Å². The standard InChI is InChI=1S/C33H42O8/c1-20(2)32(34)40-24(7)18-36-22(5)16-38-28-13-9-11-26-15-27-12-10-14-29(31(27)30(26)28)39-17-23(6)37-19-25(8)41-33(35)21(3)4/h9-14,22-25H,1,3,15-19H2,2,4-8H3. The van der Waals surface area contributed by atoms with Crippen LogP contribution in [0.4, 0.5) is 0 Å². The Morgan fingerprint density at radius 1 is 0.659 bits per heavy atom. The molecule has 0 amide bonds. The quantitative estimate of drug-likeness (QED) is 0.158. The van der Waals surface area contributed by atoms with Gasteiger partial charge >= 0.3 is 11.9 Å². The molecule has 8 nitrogen and oxygen atoms in total. The van der Waals surface area contributed by atoms with E-state index >= 15 is 0 Å². The molecule has 0 heterocycles. The van der Waals surface area contributed by atoms with Crippen LogP contribution in [-0.2, 0) is 35.0 Å². The van der Waals surface area contributed by atoms with Crippen molar-refractivity contribution in [2.75, 3.05) is 26.4 Å². The van der Waals surface area contributed by atoms with Crippen molar-refractivity contribution < 1.29 is 38.0 Å². The molecule has 0 radical (unpaired) electrons. The molecule has 222 valence electrons. The zero-order valence-corrected chi connectivity index (χ0v) is 25.0. The van der Waals surface area contributed by atoms with E-state index in [1.807, 2.05) is 38.1 Å². The summed E-state index contributed by atoms with van der Waals surface area (Å²) in [4.78, 5) is 23.4. The first-order valence-electron chi connectivity index (χ1n) is 13.9. The molecule has 4 atom stereocenters.